The van der Waals surface area contributed by atoms with Crippen LogP contribution in [0.1, 0.15) is 72.5 Å². The highest BCUT2D eigenvalue weighted by Crippen LogP contribution is 2.43. The largest absolute Gasteiger partial charge is 0.385 e. The van der Waals surface area contributed by atoms with E-state index < -0.39 is 0 Å². The Labute approximate surface area is 249 Å². The van der Waals surface area contributed by atoms with E-state index in [0.29, 0.717) is 23.4 Å². The second-order valence-corrected chi connectivity index (χ2v) is 12.3. The summed E-state index contributed by atoms with van der Waals surface area (Å²) >= 11 is 3.15. The summed E-state index contributed by atoms with van der Waals surface area (Å²) in [5, 5.41) is 34.3. The fraction of sp³-hybridized carbons (Fsp3) is 0.433. The lowest BCUT2D eigenvalue weighted by Crippen LogP contribution is -2.14. The average Bonchev–Trinajstić information content (AvgIpc) is 3.64. The molecule has 1 fully saturated rings. The Morgan fingerprint density at radius 2 is 1.41 bits per heavy atom. The van der Waals surface area contributed by atoms with Crippen LogP contribution < -0.4 is 21.3 Å². The SMILES string of the molecule is CCNc1cccc(CCNc2nnc([C@H]3CCC[C@H](c4nnc(NC(=O)Cc5cccc(NCC)c5)s4)C3)s2)c1. The van der Waals surface area contributed by atoms with Gasteiger partial charge in [0, 0.05) is 42.8 Å². The van der Waals surface area contributed by atoms with E-state index >= 15 is 0 Å². The number of aromatic nitrogens is 4. The van der Waals surface area contributed by atoms with Crippen LogP contribution in [0.3, 0.4) is 0 Å². The molecule has 41 heavy (non-hydrogen) atoms. The summed E-state index contributed by atoms with van der Waals surface area (Å²) in [5.41, 5.74) is 4.44. The van der Waals surface area contributed by atoms with Gasteiger partial charge >= 0.3 is 0 Å². The van der Waals surface area contributed by atoms with Crippen LogP contribution in [0.15, 0.2) is 48.5 Å². The van der Waals surface area contributed by atoms with Crippen LogP contribution in [0.25, 0.3) is 0 Å². The summed E-state index contributed by atoms with van der Waals surface area (Å²) in [6.07, 6.45) is 5.51. The van der Waals surface area contributed by atoms with Crippen molar-refractivity contribution in [3.63, 3.8) is 0 Å². The van der Waals surface area contributed by atoms with Crippen molar-refractivity contribution in [2.45, 2.75) is 64.2 Å². The van der Waals surface area contributed by atoms with Crippen LogP contribution >= 0.6 is 22.7 Å². The van der Waals surface area contributed by atoms with E-state index in [1.54, 1.807) is 11.3 Å². The minimum absolute atomic E-state index is 0.0814. The van der Waals surface area contributed by atoms with Crippen molar-refractivity contribution in [1.29, 1.82) is 0 Å². The third-order valence-corrected chi connectivity index (χ3v) is 9.22. The van der Waals surface area contributed by atoms with E-state index in [2.05, 4.69) is 79.8 Å². The molecule has 2 heterocycles. The molecule has 1 amide bonds. The molecule has 11 heteroatoms. The van der Waals surface area contributed by atoms with E-state index in [4.69, 9.17) is 0 Å². The summed E-state index contributed by atoms with van der Waals surface area (Å²) < 4.78 is 0. The molecule has 0 radical (unpaired) electrons. The van der Waals surface area contributed by atoms with E-state index in [1.807, 2.05) is 24.3 Å². The molecule has 0 aliphatic heterocycles. The average molecular weight is 591 g/mol. The Bertz CT molecular complexity index is 1420. The molecule has 1 aliphatic rings. The van der Waals surface area contributed by atoms with E-state index in [0.717, 1.165) is 83.8 Å². The quantitative estimate of drug-likeness (QED) is 0.139. The first-order chi connectivity index (χ1) is 20.1. The number of carbonyl (C=O) groups excluding carboxylic acids is 1. The van der Waals surface area contributed by atoms with Crippen LogP contribution in [0.5, 0.6) is 0 Å². The molecule has 9 nitrogen and oxygen atoms in total. The second-order valence-electron chi connectivity index (χ2n) is 10.3. The van der Waals surface area contributed by atoms with Crippen molar-refractivity contribution < 1.29 is 4.79 Å². The maximum absolute atomic E-state index is 12.7. The lowest BCUT2D eigenvalue weighted by Gasteiger charge is -2.25. The topological polar surface area (TPSA) is 117 Å². The Morgan fingerprint density at radius 3 is 2.10 bits per heavy atom. The predicted octanol–water partition coefficient (Wildman–Crippen LogP) is 6.53. The molecule has 0 unspecified atom stereocenters. The first-order valence-corrected chi connectivity index (χ1v) is 16.1. The fourth-order valence-electron chi connectivity index (χ4n) is 5.26. The first kappa shape index (κ1) is 28.9. The Kier molecular flexibility index (Phi) is 10.1. The highest BCUT2D eigenvalue weighted by Gasteiger charge is 2.29. The highest BCUT2D eigenvalue weighted by atomic mass is 32.1. The molecule has 2 aromatic carbocycles. The summed E-state index contributed by atoms with van der Waals surface area (Å²) in [6.45, 7) is 6.74. The second kappa shape index (κ2) is 14.4. The van der Waals surface area contributed by atoms with Crippen LogP contribution in [-0.2, 0) is 17.6 Å². The van der Waals surface area contributed by atoms with Crippen LogP contribution in [-0.4, -0.2) is 45.9 Å². The Hall–Kier alpha value is -3.57. The fourth-order valence-corrected chi connectivity index (χ4v) is 7.08. The van der Waals surface area contributed by atoms with Crippen molar-refractivity contribution in [2.75, 3.05) is 40.9 Å². The van der Waals surface area contributed by atoms with Gasteiger partial charge in [-0.15, -0.1) is 20.4 Å². The van der Waals surface area contributed by atoms with Crippen molar-refractivity contribution in [3.05, 3.63) is 69.7 Å². The minimum Gasteiger partial charge on any atom is -0.385 e. The molecular formula is C30H38N8OS2. The molecule has 2 aromatic heterocycles. The normalized spacial score (nSPS) is 16.7. The first-order valence-electron chi connectivity index (χ1n) is 14.5. The maximum atomic E-state index is 12.7. The number of benzene rings is 2. The smallest absolute Gasteiger partial charge is 0.230 e. The van der Waals surface area contributed by atoms with Gasteiger partial charge in [-0.3, -0.25) is 4.79 Å². The van der Waals surface area contributed by atoms with Crippen LogP contribution in [0, 0.1) is 0 Å². The standard InChI is InChI=1S/C30H38N8OS2/c1-3-31-24-12-5-8-20(16-24)14-15-33-29-37-35-27(40-29)22-10-7-11-23(19-22)28-36-38-30(41-28)34-26(39)18-21-9-6-13-25(17-21)32-4-2/h5-6,8-9,12-13,16-17,22-23,31-32H,3-4,7,10-11,14-15,18-19H2,1-2H3,(H,33,37)(H,34,38,39)/t22-,23-/m0/s1. The molecule has 216 valence electrons. The lowest BCUT2D eigenvalue weighted by atomic mass is 9.82. The van der Waals surface area contributed by atoms with Crippen molar-refractivity contribution in [1.82, 2.24) is 20.4 Å². The minimum atomic E-state index is -0.0814. The maximum Gasteiger partial charge on any atom is 0.230 e. The van der Waals surface area contributed by atoms with Gasteiger partial charge in [0.05, 0.1) is 6.42 Å². The molecule has 2 atom stereocenters. The molecule has 1 saturated carbocycles. The van der Waals surface area contributed by atoms with Crippen molar-refractivity contribution in [2.24, 2.45) is 0 Å². The summed E-state index contributed by atoms with van der Waals surface area (Å²) in [6, 6.07) is 16.5. The number of anilines is 4. The summed E-state index contributed by atoms with van der Waals surface area (Å²) in [7, 11) is 0. The zero-order valence-electron chi connectivity index (χ0n) is 23.7. The molecule has 5 rings (SSSR count). The van der Waals surface area contributed by atoms with Gasteiger partial charge in [-0.2, -0.15) is 0 Å². The van der Waals surface area contributed by atoms with Crippen molar-refractivity contribution in [3.8, 4) is 0 Å². The lowest BCUT2D eigenvalue weighted by molar-refractivity contribution is -0.115. The van der Waals surface area contributed by atoms with Gasteiger partial charge in [0.2, 0.25) is 16.2 Å². The zero-order valence-corrected chi connectivity index (χ0v) is 25.3. The highest BCUT2D eigenvalue weighted by molar-refractivity contribution is 7.15. The van der Waals surface area contributed by atoms with Gasteiger partial charge in [0.15, 0.2) is 0 Å². The molecule has 4 N–H and O–H groups in total. The molecule has 0 saturated heterocycles. The van der Waals surface area contributed by atoms with Crippen LogP contribution in [0.4, 0.5) is 21.6 Å². The summed E-state index contributed by atoms with van der Waals surface area (Å²) in [5.74, 6) is 0.602. The summed E-state index contributed by atoms with van der Waals surface area (Å²) in [4.78, 5) is 12.7. The van der Waals surface area contributed by atoms with Gasteiger partial charge in [0.1, 0.15) is 10.0 Å². The number of carbonyl (C=O) groups is 1. The predicted molar refractivity (Wildman–Crippen MR) is 170 cm³/mol. The third kappa shape index (κ3) is 8.23. The van der Waals surface area contributed by atoms with Crippen molar-refractivity contribution >= 4 is 50.2 Å². The van der Waals surface area contributed by atoms with Gasteiger partial charge in [-0.05, 0) is 74.9 Å². The molecular weight excluding hydrogens is 553 g/mol. The zero-order chi connectivity index (χ0) is 28.4. The van der Waals surface area contributed by atoms with Gasteiger partial charge in [0.25, 0.3) is 0 Å². The number of hydrogen-bond donors (Lipinski definition) is 4. The third-order valence-electron chi connectivity index (χ3n) is 7.17. The Balaban J connectivity index is 1.11. The number of nitrogens with zero attached hydrogens (tertiary/aromatic N) is 4. The van der Waals surface area contributed by atoms with E-state index in [9.17, 15) is 4.79 Å². The van der Waals surface area contributed by atoms with Gasteiger partial charge < -0.3 is 21.3 Å². The Morgan fingerprint density at radius 1 is 0.805 bits per heavy atom. The van der Waals surface area contributed by atoms with E-state index in [1.165, 1.54) is 16.9 Å². The molecule has 4 aromatic rings. The molecule has 1 aliphatic carbocycles. The number of amides is 1. The number of nitrogens with one attached hydrogen (secondary N) is 4. The monoisotopic (exact) mass is 590 g/mol. The van der Waals surface area contributed by atoms with E-state index in [-0.39, 0.29) is 5.91 Å². The number of rotatable bonds is 13. The molecule has 0 bridgehead atoms. The number of hydrogen-bond acceptors (Lipinski definition) is 10. The van der Waals surface area contributed by atoms with Gasteiger partial charge in [-0.25, -0.2) is 0 Å². The van der Waals surface area contributed by atoms with Crippen LogP contribution in [0.2, 0.25) is 0 Å². The molecule has 0 spiro atoms. The van der Waals surface area contributed by atoms with Gasteiger partial charge in [-0.1, -0.05) is 53.4 Å².